The summed E-state index contributed by atoms with van der Waals surface area (Å²) in [6, 6.07) is 6.14. The number of aromatic nitrogens is 1. The van der Waals surface area contributed by atoms with Crippen LogP contribution < -0.4 is 5.73 Å². The Balaban J connectivity index is 2.30. The van der Waals surface area contributed by atoms with Crippen LogP contribution in [0.4, 0.5) is 5.00 Å². The van der Waals surface area contributed by atoms with Crippen LogP contribution in [0.3, 0.4) is 0 Å². The van der Waals surface area contributed by atoms with Crippen molar-refractivity contribution in [1.29, 1.82) is 0 Å². The molecule has 0 unspecified atom stereocenters. The molecule has 0 radical (unpaired) electrons. The van der Waals surface area contributed by atoms with Gasteiger partial charge in [-0.05, 0) is 30.7 Å². The topological polar surface area (TPSA) is 38.9 Å². The molecule has 3 aromatic heterocycles. The summed E-state index contributed by atoms with van der Waals surface area (Å²) in [6.07, 6.45) is 1.83. The van der Waals surface area contributed by atoms with Crippen LogP contribution in [-0.4, -0.2) is 4.98 Å². The number of fused-ring (bicyclic) bond motifs is 1. The predicted octanol–water partition coefficient (Wildman–Crippen LogP) is 3.92. The molecule has 3 aromatic rings. The standard InChI is InChI=1S/C12H10N2S2/c1-7-9(5-11(13)16-7)10-6-15-12-8(10)3-2-4-14-12/h2-6H,13H2,1H3. The highest BCUT2D eigenvalue weighted by Crippen LogP contribution is 2.38. The van der Waals surface area contributed by atoms with Gasteiger partial charge in [-0.3, -0.25) is 0 Å². The quantitative estimate of drug-likeness (QED) is 0.707. The monoisotopic (exact) mass is 246 g/mol. The Kier molecular flexibility index (Phi) is 2.19. The van der Waals surface area contributed by atoms with E-state index in [-0.39, 0.29) is 0 Å². The molecule has 0 aliphatic rings. The Labute approximate surface area is 101 Å². The number of nitrogen functional groups attached to an aromatic ring is 1. The van der Waals surface area contributed by atoms with E-state index in [1.807, 2.05) is 12.3 Å². The molecular weight excluding hydrogens is 236 g/mol. The maximum absolute atomic E-state index is 5.84. The Morgan fingerprint density at radius 2 is 2.19 bits per heavy atom. The molecule has 0 amide bonds. The van der Waals surface area contributed by atoms with E-state index < -0.39 is 0 Å². The molecule has 3 heterocycles. The zero-order valence-electron chi connectivity index (χ0n) is 8.73. The largest absolute Gasteiger partial charge is 0.391 e. The minimum atomic E-state index is 0.871. The minimum Gasteiger partial charge on any atom is -0.391 e. The molecule has 0 atom stereocenters. The average molecular weight is 246 g/mol. The summed E-state index contributed by atoms with van der Waals surface area (Å²) in [5, 5.41) is 4.25. The predicted molar refractivity (Wildman–Crippen MR) is 72.1 cm³/mol. The van der Waals surface area contributed by atoms with Crippen LogP contribution in [0.2, 0.25) is 0 Å². The lowest BCUT2D eigenvalue weighted by molar-refractivity contribution is 1.45. The molecule has 2 nitrogen and oxygen atoms in total. The van der Waals surface area contributed by atoms with E-state index in [0.717, 1.165) is 9.83 Å². The Hall–Kier alpha value is -1.39. The first-order valence-corrected chi connectivity index (χ1v) is 6.64. The lowest BCUT2D eigenvalue weighted by Crippen LogP contribution is -1.76. The van der Waals surface area contributed by atoms with E-state index >= 15 is 0 Å². The molecule has 0 fully saturated rings. The zero-order valence-corrected chi connectivity index (χ0v) is 10.4. The van der Waals surface area contributed by atoms with Crippen molar-refractivity contribution in [3.8, 4) is 11.1 Å². The molecule has 0 spiro atoms. The maximum Gasteiger partial charge on any atom is 0.123 e. The second-order valence-corrected chi connectivity index (χ2v) is 5.77. The van der Waals surface area contributed by atoms with Gasteiger partial charge >= 0.3 is 0 Å². The minimum absolute atomic E-state index is 0.871. The van der Waals surface area contributed by atoms with Crippen molar-refractivity contribution in [3.05, 3.63) is 34.7 Å². The number of hydrogen-bond acceptors (Lipinski definition) is 4. The van der Waals surface area contributed by atoms with Crippen LogP contribution in [0.15, 0.2) is 29.8 Å². The summed E-state index contributed by atoms with van der Waals surface area (Å²) in [7, 11) is 0. The van der Waals surface area contributed by atoms with Crippen LogP contribution in [0.5, 0.6) is 0 Å². The first kappa shape index (κ1) is 9.81. The van der Waals surface area contributed by atoms with Gasteiger partial charge in [0.05, 0.1) is 5.00 Å². The lowest BCUT2D eigenvalue weighted by atomic mass is 10.1. The van der Waals surface area contributed by atoms with Crippen molar-refractivity contribution in [2.45, 2.75) is 6.92 Å². The Morgan fingerprint density at radius 3 is 2.94 bits per heavy atom. The maximum atomic E-state index is 5.84. The van der Waals surface area contributed by atoms with Gasteiger partial charge in [0.2, 0.25) is 0 Å². The van der Waals surface area contributed by atoms with Crippen molar-refractivity contribution in [1.82, 2.24) is 4.98 Å². The van der Waals surface area contributed by atoms with Crippen LogP contribution in [-0.2, 0) is 0 Å². The third kappa shape index (κ3) is 1.42. The van der Waals surface area contributed by atoms with E-state index in [0.29, 0.717) is 0 Å². The molecule has 16 heavy (non-hydrogen) atoms. The molecule has 0 aromatic carbocycles. The summed E-state index contributed by atoms with van der Waals surface area (Å²) >= 11 is 3.32. The summed E-state index contributed by atoms with van der Waals surface area (Å²) in [5.74, 6) is 0. The van der Waals surface area contributed by atoms with Crippen LogP contribution >= 0.6 is 22.7 Å². The smallest absolute Gasteiger partial charge is 0.123 e. The number of rotatable bonds is 1. The number of thiophene rings is 2. The summed E-state index contributed by atoms with van der Waals surface area (Å²) in [4.78, 5) is 6.70. The number of nitrogens with zero attached hydrogens (tertiary/aromatic N) is 1. The van der Waals surface area contributed by atoms with Crippen LogP contribution in [0.1, 0.15) is 4.88 Å². The highest BCUT2D eigenvalue weighted by molar-refractivity contribution is 7.18. The van der Waals surface area contributed by atoms with Crippen molar-refractivity contribution in [2.75, 3.05) is 5.73 Å². The van der Waals surface area contributed by atoms with E-state index in [1.165, 1.54) is 21.4 Å². The normalized spacial score (nSPS) is 11.1. The zero-order chi connectivity index (χ0) is 11.1. The third-order valence-electron chi connectivity index (χ3n) is 2.58. The molecule has 3 rings (SSSR count). The first-order chi connectivity index (χ1) is 7.75. The van der Waals surface area contributed by atoms with E-state index in [2.05, 4.69) is 29.4 Å². The molecule has 0 bridgehead atoms. The van der Waals surface area contributed by atoms with Gasteiger partial charge in [-0.2, -0.15) is 0 Å². The number of anilines is 1. The van der Waals surface area contributed by atoms with E-state index in [4.69, 9.17) is 5.73 Å². The molecular formula is C12H10N2S2. The van der Waals surface area contributed by atoms with Gasteiger partial charge in [-0.1, -0.05) is 0 Å². The second-order valence-electron chi connectivity index (χ2n) is 3.62. The number of aryl methyl sites for hydroxylation is 1. The van der Waals surface area contributed by atoms with Gasteiger partial charge in [0.15, 0.2) is 0 Å². The van der Waals surface area contributed by atoms with E-state index in [9.17, 15) is 0 Å². The highest BCUT2D eigenvalue weighted by Gasteiger charge is 2.11. The molecule has 4 heteroatoms. The molecule has 2 N–H and O–H groups in total. The molecule has 0 saturated heterocycles. The third-order valence-corrected chi connectivity index (χ3v) is 4.36. The molecule has 80 valence electrons. The SMILES string of the molecule is Cc1sc(N)cc1-c1csc2ncccc12. The number of nitrogens with two attached hydrogens (primary N) is 1. The Bertz CT molecular complexity index is 652. The average Bonchev–Trinajstić information content (AvgIpc) is 2.81. The van der Waals surface area contributed by atoms with Crippen molar-refractivity contribution in [3.63, 3.8) is 0 Å². The van der Waals surface area contributed by atoms with Crippen LogP contribution in [0.25, 0.3) is 21.3 Å². The molecule has 0 saturated carbocycles. The van der Waals surface area contributed by atoms with Crippen LogP contribution in [0, 0.1) is 6.92 Å². The van der Waals surface area contributed by atoms with Crippen molar-refractivity contribution in [2.24, 2.45) is 0 Å². The number of pyridine rings is 1. The highest BCUT2D eigenvalue weighted by atomic mass is 32.1. The van der Waals surface area contributed by atoms with Gasteiger partial charge in [0, 0.05) is 27.4 Å². The van der Waals surface area contributed by atoms with E-state index in [1.54, 1.807) is 22.7 Å². The van der Waals surface area contributed by atoms with Gasteiger partial charge < -0.3 is 5.73 Å². The summed E-state index contributed by atoms with van der Waals surface area (Å²) < 4.78 is 0. The fraction of sp³-hybridized carbons (Fsp3) is 0.0833. The van der Waals surface area contributed by atoms with Gasteiger partial charge in [0.25, 0.3) is 0 Å². The number of hydrogen-bond donors (Lipinski definition) is 1. The Morgan fingerprint density at radius 1 is 1.31 bits per heavy atom. The second kappa shape index (κ2) is 3.57. The first-order valence-electron chi connectivity index (χ1n) is 4.94. The fourth-order valence-corrected chi connectivity index (χ4v) is 3.57. The van der Waals surface area contributed by atoms with Crippen molar-refractivity contribution < 1.29 is 0 Å². The molecule has 0 aliphatic carbocycles. The van der Waals surface area contributed by atoms with Gasteiger partial charge in [0.1, 0.15) is 4.83 Å². The molecule has 0 aliphatic heterocycles. The van der Waals surface area contributed by atoms with Crippen molar-refractivity contribution >= 4 is 37.9 Å². The summed E-state index contributed by atoms with van der Waals surface area (Å²) in [6.45, 7) is 2.11. The van der Waals surface area contributed by atoms with Gasteiger partial charge in [-0.25, -0.2) is 4.98 Å². The fourth-order valence-electron chi connectivity index (χ4n) is 1.85. The van der Waals surface area contributed by atoms with Gasteiger partial charge in [-0.15, -0.1) is 22.7 Å². The lowest BCUT2D eigenvalue weighted by Gasteiger charge is -1.96. The summed E-state index contributed by atoms with van der Waals surface area (Å²) in [5.41, 5.74) is 8.32.